The molecule has 6 heteroatoms. The summed E-state index contributed by atoms with van der Waals surface area (Å²) in [7, 11) is 0. The second kappa shape index (κ2) is 6.37. The Labute approximate surface area is 105 Å². The summed E-state index contributed by atoms with van der Waals surface area (Å²) in [5.74, 6) is 0. The molecule has 0 saturated carbocycles. The van der Waals surface area contributed by atoms with Crippen LogP contribution >= 0.6 is 0 Å². The Hall–Kier alpha value is -2.39. The molecule has 94 valence electrons. The quantitative estimate of drug-likeness (QED) is 0.466. The number of rotatable bonds is 6. The zero-order valence-electron chi connectivity index (χ0n) is 9.74. The second-order valence-corrected chi connectivity index (χ2v) is 3.53. The van der Waals surface area contributed by atoms with E-state index >= 15 is 0 Å². The molecule has 0 spiro atoms. The number of nitro benzene ring substituents is 1. The van der Waals surface area contributed by atoms with Crippen LogP contribution in [-0.4, -0.2) is 29.7 Å². The van der Waals surface area contributed by atoms with Crippen molar-refractivity contribution in [3.05, 3.63) is 46.5 Å². The van der Waals surface area contributed by atoms with Gasteiger partial charge in [-0.05, 0) is 12.1 Å². The molecule has 1 aromatic carbocycles. The highest BCUT2D eigenvalue weighted by Crippen LogP contribution is 2.25. The average molecular weight is 247 g/mol. The summed E-state index contributed by atoms with van der Waals surface area (Å²) in [4.78, 5) is 12.0. The van der Waals surface area contributed by atoms with E-state index in [1.807, 2.05) is 0 Å². The van der Waals surface area contributed by atoms with Crippen LogP contribution in [0.5, 0.6) is 0 Å². The van der Waals surface area contributed by atoms with Gasteiger partial charge in [0.1, 0.15) is 11.6 Å². The highest BCUT2D eigenvalue weighted by atomic mass is 16.6. The zero-order valence-corrected chi connectivity index (χ0v) is 9.74. The molecule has 6 nitrogen and oxygen atoms in total. The van der Waals surface area contributed by atoms with E-state index < -0.39 is 4.92 Å². The number of nitrogens with zero attached hydrogens (tertiary/aromatic N) is 3. The van der Waals surface area contributed by atoms with Crippen LogP contribution in [0.1, 0.15) is 5.56 Å². The Balaban J connectivity index is 3.17. The van der Waals surface area contributed by atoms with Gasteiger partial charge >= 0.3 is 0 Å². The first kappa shape index (κ1) is 13.7. The summed E-state index contributed by atoms with van der Waals surface area (Å²) in [5, 5.41) is 28.6. The van der Waals surface area contributed by atoms with E-state index in [4.69, 9.17) is 10.4 Å². The average Bonchev–Trinajstić information content (AvgIpc) is 2.37. The molecule has 1 rings (SSSR count). The van der Waals surface area contributed by atoms with Gasteiger partial charge in [-0.1, -0.05) is 6.08 Å². The monoisotopic (exact) mass is 247 g/mol. The van der Waals surface area contributed by atoms with Crippen LogP contribution in [0.4, 0.5) is 11.4 Å². The highest BCUT2D eigenvalue weighted by Gasteiger charge is 2.16. The predicted molar refractivity (Wildman–Crippen MR) is 67.3 cm³/mol. The van der Waals surface area contributed by atoms with Crippen molar-refractivity contribution in [2.24, 2.45) is 0 Å². The Morgan fingerprint density at radius 3 is 2.83 bits per heavy atom. The van der Waals surface area contributed by atoms with Gasteiger partial charge in [0.2, 0.25) is 0 Å². The number of hydrogen-bond donors (Lipinski definition) is 1. The molecule has 0 aliphatic heterocycles. The SMILES string of the molecule is C=CCN(CCO)c1ccc(C#N)c([N+](=O)[O-])c1. The number of anilines is 1. The van der Waals surface area contributed by atoms with Crippen molar-refractivity contribution in [3.8, 4) is 6.07 Å². The summed E-state index contributed by atoms with van der Waals surface area (Å²) >= 11 is 0. The summed E-state index contributed by atoms with van der Waals surface area (Å²) in [6.07, 6.45) is 1.64. The summed E-state index contributed by atoms with van der Waals surface area (Å²) in [6.45, 7) is 4.33. The lowest BCUT2D eigenvalue weighted by atomic mass is 10.1. The molecular formula is C12H13N3O3. The lowest BCUT2D eigenvalue weighted by molar-refractivity contribution is -0.385. The van der Waals surface area contributed by atoms with Gasteiger partial charge in [-0.2, -0.15) is 5.26 Å². The van der Waals surface area contributed by atoms with E-state index in [2.05, 4.69) is 6.58 Å². The number of nitriles is 1. The van der Waals surface area contributed by atoms with Crippen LogP contribution in [0, 0.1) is 21.4 Å². The van der Waals surface area contributed by atoms with Crippen molar-refractivity contribution < 1.29 is 10.0 Å². The van der Waals surface area contributed by atoms with Crippen LogP contribution in [-0.2, 0) is 0 Å². The zero-order chi connectivity index (χ0) is 13.5. The summed E-state index contributed by atoms with van der Waals surface area (Å²) in [6, 6.07) is 6.13. The molecule has 0 heterocycles. The van der Waals surface area contributed by atoms with Crippen LogP contribution in [0.25, 0.3) is 0 Å². The number of aliphatic hydroxyl groups excluding tert-OH is 1. The van der Waals surface area contributed by atoms with E-state index in [-0.39, 0.29) is 17.9 Å². The molecule has 0 radical (unpaired) electrons. The molecular weight excluding hydrogens is 234 g/mol. The standard InChI is InChI=1S/C12H13N3O3/c1-2-5-14(6-7-16)11-4-3-10(9-13)12(8-11)15(17)18/h2-4,8,16H,1,5-7H2. The third-order valence-corrected chi connectivity index (χ3v) is 2.38. The van der Waals surface area contributed by atoms with Gasteiger partial charge in [-0.25, -0.2) is 0 Å². The largest absolute Gasteiger partial charge is 0.395 e. The van der Waals surface area contributed by atoms with Crippen LogP contribution in [0.15, 0.2) is 30.9 Å². The first-order valence-corrected chi connectivity index (χ1v) is 5.29. The van der Waals surface area contributed by atoms with E-state index in [0.717, 1.165) is 0 Å². The van der Waals surface area contributed by atoms with Gasteiger partial charge < -0.3 is 10.0 Å². The smallest absolute Gasteiger partial charge is 0.289 e. The normalized spacial score (nSPS) is 9.56. The summed E-state index contributed by atoms with van der Waals surface area (Å²) in [5.41, 5.74) is 0.364. The van der Waals surface area contributed by atoms with Crippen molar-refractivity contribution >= 4 is 11.4 Å². The molecule has 0 aliphatic carbocycles. The maximum atomic E-state index is 10.8. The molecule has 1 aromatic rings. The molecule has 0 amide bonds. The van der Waals surface area contributed by atoms with Crippen molar-refractivity contribution in [2.75, 3.05) is 24.6 Å². The number of hydrogen-bond acceptors (Lipinski definition) is 5. The predicted octanol–water partition coefficient (Wildman–Crippen LogP) is 1.45. The minimum absolute atomic E-state index is 0.0197. The molecule has 18 heavy (non-hydrogen) atoms. The van der Waals surface area contributed by atoms with E-state index in [1.165, 1.54) is 12.1 Å². The van der Waals surface area contributed by atoms with Gasteiger partial charge in [0.25, 0.3) is 5.69 Å². The third kappa shape index (κ3) is 3.06. The van der Waals surface area contributed by atoms with Crippen molar-refractivity contribution in [3.63, 3.8) is 0 Å². The third-order valence-electron chi connectivity index (χ3n) is 2.38. The minimum Gasteiger partial charge on any atom is -0.395 e. The molecule has 1 N–H and O–H groups in total. The van der Waals surface area contributed by atoms with Crippen molar-refractivity contribution in [1.29, 1.82) is 5.26 Å². The summed E-state index contributed by atoms with van der Waals surface area (Å²) < 4.78 is 0. The molecule has 0 bridgehead atoms. The Bertz CT molecular complexity index is 494. The molecule has 0 aromatic heterocycles. The van der Waals surface area contributed by atoms with Gasteiger partial charge in [0.05, 0.1) is 11.5 Å². The topological polar surface area (TPSA) is 90.4 Å². The molecule has 0 fully saturated rings. The number of benzene rings is 1. The van der Waals surface area contributed by atoms with Gasteiger partial charge in [0.15, 0.2) is 0 Å². The fourth-order valence-electron chi connectivity index (χ4n) is 1.56. The Morgan fingerprint density at radius 1 is 1.61 bits per heavy atom. The lowest BCUT2D eigenvalue weighted by Crippen LogP contribution is -2.26. The molecule has 0 atom stereocenters. The van der Waals surface area contributed by atoms with Crippen LogP contribution in [0.2, 0.25) is 0 Å². The van der Waals surface area contributed by atoms with Crippen LogP contribution < -0.4 is 4.90 Å². The van der Waals surface area contributed by atoms with Crippen molar-refractivity contribution in [2.45, 2.75) is 0 Å². The van der Waals surface area contributed by atoms with E-state index in [9.17, 15) is 10.1 Å². The second-order valence-electron chi connectivity index (χ2n) is 3.53. The lowest BCUT2D eigenvalue weighted by Gasteiger charge is -2.22. The maximum absolute atomic E-state index is 10.8. The van der Waals surface area contributed by atoms with Gasteiger partial charge in [-0.15, -0.1) is 6.58 Å². The molecule has 0 unspecified atom stereocenters. The molecule has 0 saturated heterocycles. The van der Waals surface area contributed by atoms with E-state index in [0.29, 0.717) is 18.8 Å². The first-order valence-electron chi connectivity index (χ1n) is 5.29. The minimum atomic E-state index is -0.590. The fourth-order valence-corrected chi connectivity index (χ4v) is 1.56. The van der Waals surface area contributed by atoms with Crippen LogP contribution in [0.3, 0.4) is 0 Å². The first-order chi connectivity index (χ1) is 8.63. The maximum Gasteiger partial charge on any atom is 0.289 e. The Morgan fingerprint density at radius 2 is 2.33 bits per heavy atom. The number of nitro groups is 1. The Kier molecular flexibility index (Phi) is 4.84. The fraction of sp³-hybridized carbons (Fsp3) is 0.250. The number of aliphatic hydroxyl groups is 1. The highest BCUT2D eigenvalue weighted by molar-refractivity contribution is 5.60. The van der Waals surface area contributed by atoms with Crippen molar-refractivity contribution in [1.82, 2.24) is 0 Å². The molecule has 0 aliphatic rings. The van der Waals surface area contributed by atoms with Gasteiger partial charge in [0, 0.05) is 24.8 Å². The van der Waals surface area contributed by atoms with E-state index in [1.54, 1.807) is 23.1 Å². The van der Waals surface area contributed by atoms with Gasteiger partial charge in [-0.3, -0.25) is 10.1 Å².